The fraction of sp³-hybridized carbons (Fsp3) is 0.462. The van der Waals surface area contributed by atoms with Crippen molar-refractivity contribution in [1.29, 1.82) is 1.28 Å². The third-order valence-corrected chi connectivity index (χ3v) is 6.05. The zero-order valence-corrected chi connectivity index (χ0v) is 17.1. The predicted octanol–water partition coefficient (Wildman–Crippen LogP) is -0.419. The average Bonchev–Trinajstić information content (AvgIpc) is 3.11. The van der Waals surface area contributed by atoms with Gasteiger partial charge in [-0.2, -0.15) is 0 Å². The van der Waals surface area contributed by atoms with E-state index < -0.39 is 47.9 Å². The van der Waals surface area contributed by atoms with Crippen LogP contribution in [0.1, 0.15) is 18.7 Å². The van der Waals surface area contributed by atoms with Crippen molar-refractivity contribution in [3.63, 3.8) is 0 Å². The molecule has 0 amide bonds. The molecule has 2 aromatic rings. The van der Waals surface area contributed by atoms with Crippen molar-refractivity contribution in [2.45, 2.75) is 31.0 Å². The van der Waals surface area contributed by atoms with E-state index in [1.807, 2.05) is 0 Å². The fourth-order valence-electron chi connectivity index (χ4n) is 3.05. The van der Waals surface area contributed by atoms with E-state index in [2.05, 4.69) is 14.3 Å². The number of hydrogen-bond acceptors (Lipinski definition) is 10. The number of phosphoric ester groups is 1. The van der Waals surface area contributed by atoms with Gasteiger partial charge in [0.2, 0.25) is 0 Å². The summed E-state index contributed by atoms with van der Waals surface area (Å²) in [5.74, 6) is 0.115. The number of phosphoric acid groups is 1. The maximum Gasteiger partial charge on any atom is 0.474 e. The molecule has 7 N–H and O–H groups in total. The zero-order valence-electron chi connectivity index (χ0n) is 15.4. The topological polar surface area (TPSA) is 188 Å². The highest BCUT2D eigenvalue weighted by molar-refractivity contribution is 7.80. The first kappa shape index (κ1) is 20.0. The summed E-state index contributed by atoms with van der Waals surface area (Å²) in [6, 6.07) is 0. The highest BCUT2D eigenvalue weighted by Gasteiger charge is 2.54. The fourth-order valence-corrected chi connectivity index (χ4v) is 3.75. The summed E-state index contributed by atoms with van der Waals surface area (Å²) < 4.78 is 34.6. The minimum Gasteiger partial charge on any atom is -0.389 e. The van der Waals surface area contributed by atoms with Gasteiger partial charge in [-0.05, 0) is 6.92 Å². The smallest absolute Gasteiger partial charge is 0.389 e. The van der Waals surface area contributed by atoms with Crippen LogP contribution in [0.2, 0.25) is 0 Å². The molecule has 154 valence electrons. The maximum absolute atomic E-state index is 11.6. The lowest BCUT2D eigenvalue weighted by molar-refractivity contribution is -0.0947. The van der Waals surface area contributed by atoms with Gasteiger partial charge in [-0.1, -0.05) is 12.2 Å². The van der Waals surface area contributed by atoms with E-state index in [0.29, 0.717) is 10.9 Å². The van der Waals surface area contributed by atoms with Gasteiger partial charge in [-0.3, -0.25) is 8.83 Å². The maximum atomic E-state index is 11.6. The van der Waals surface area contributed by atoms with Crippen molar-refractivity contribution in [1.82, 2.24) is 14.5 Å². The SMILES string of the molecule is [2H]POP(=O)(O)OC[C@H]1O[C@@H](n2cc(C(N)=S)c3c(N)ncnc32)[C@](C)(O)[C@@H]1O. The normalized spacial score (nSPS) is 30.7. The molecule has 1 saturated heterocycles. The molecule has 1 fully saturated rings. The highest BCUT2D eigenvalue weighted by Crippen LogP contribution is 2.47. The van der Waals surface area contributed by atoms with Gasteiger partial charge < -0.3 is 35.9 Å². The second kappa shape index (κ2) is 7.52. The first-order valence-corrected chi connectivity index (χ1v) is 10.1. The summed E-state index contributed by atoms with van der Waals surface area (Å²) in [6.07, 6.45) is -1.22. The Balaban J connectivity index is 1.96. The Kier molecular flexibility index (Phi) is 5.38. The van der Waals surface area contributed by atoms with E-state index in [9.17, 15) is 19.7 Å². The predicted molar refractivity (Wildman–Crippen MR) is 105 cm³/mol. The number of hydrogen-bond donors (Lipinski definition) is 5. The number of rotatable bonds is 7. The van der Waals surface area contributed by atoms with Crippen LogP contribution in [0.4, 0.5) is 5.82 Å². The number of anilines is 1. The molecule has 0 spiro atoms. The first-order chi connectivity index (χ1) is 13.5. The van der Waals surface area contributed by atoms with Crippen molar-refractivity contribution in [2.75, 3.05) is 12.3 Å². The number of ether oxygens (including phenoxy) is 1. The lowest BCUT2D eigenvalue weighted by Gasteiger charge is -2.27. The highest BCUT2D eigenvalue weighted by atomic mass is 32.1. The molecule has 3 heterocycles. The summed E-state index contributed by atoms with van der Waals surface area (Å²) in [6.45, 7) is 0.740. The molecule has 0 radical (unpaired) electrons. The van der Waals surface area contributed by atoms with Crippen molar-refractivity contribution < 1.29 is 33.2 Å². The average molecular weight is 452 g/mol. The van der Waals surface area contributed by atoms with Crippen molar-refractivity contribution in [3.8, 4) is 0 Å². The Morgan fingerprint density at radius 2 is 2.36 bits per heavy atom. The summed E-state index contributed by atoms with van der Waals surface area (Å²) >= 11 is 5.04. The molecular weight excluding hydrogens is 432 g/mol. The van der Waals surface area contributed by atoms with Gasteiger partial charge >= 0.3 is 7.82 Å². The third kappa shape index (κ3) is 3.65. The molecule has 1 aliphatic rings. The summed E-state index contributed by atoms with van der Waals surface area (Å²) in [4.78, 5) is 17.5. The van der Waals surface area contributed by atoms with Crippen LogP contribution in [0.5, 0.6) is 0 Å². The molecule has 0 aromatic carbocycles. The molecule has 2 unspecified atom stereocenters. The van der Waals surface area contributed by atoms with E-state index in [1.54, 1.807) is 0 Å². The van der Waals surface area contributed by atoms with Gasteiger partial charge in [0.05, 0.1) is 13.3 Å². The van der Waals surface area contributed by atoms with Gasteiger partial charge in [0.1, 0.15) is 40.6 Å². The quantitative estimate of drug-likeness (QED) is 0.270. The van der Waals surface area contributed by atoms with Crippen molar-refractivity contribution >= 4 is 51.3 Å². The van der Waals surface area contributed by atoms with E-state index >= 15 is 0 Å². The van der Waals surface area contributed by atoms with Crippen LogP contribution in [0.15, 0.2) is 12.5 Å². The lowest BCUT2D eigenvalue weighted by atomic mass is 9.96. The van der Waals surface area contributed by atoms with Crippen molar-refractivity contribution in [3.05, 3.63) is 18.1 Å². The molecule has 2 aromatic heterocycles. The largest absolute Gasteiger partial charge is 0.474 e. The zero-order chi connectivity index (χ0) is 21.6. The van der Waals surface area contributed by atoms with Crippen LogP contribution in [0.25, 0.3) is 11.0 Å². The summed E-state index contributed by atoms with van der Waals surface area (Å²) in [7, 11) is -5.51. The number of nitrogens with zero attached hydrogens (tertiary/aromatic N) is 3. The Labute approximate surface area is 168 Å². The standard InChI is InChI=1S/C13H19N5O7P2S/c1-13(20)8(19)6(3-23-27(21,22)25-26)24-12(13)18-2-5(10(15)28)7-9(14)16-4-17-11(7)18/h2,4,6,8,12,19-20H,3,26H2,1H3,(H2,15,28)(H,21,22)(H2,14,16,17)/t6-,8-,12-,13-/m1/s1/i26D/t6-,8-,12-,13-,26?. The van der Waals surface area contributed by atoms with E-state index in [4.69, 9.17) is 34.2 Å². The van der Waals surface area contributed by atoms with Gasteiger partial charge in [-0.15, -0.1) is 0 Å². The van der Waals surface area contributed by atoms with Crippen LogP contribution in [0.3, 0.4) is 0 Å². The molecule has 6 atom stereocenters. The second-order valence-corrected chi connectivity index (χ2v) is 8.69. The van der Waals surface area contributed by atoms with Crippen LogP contribution >= 0.6 is 29.5 Å². The van der Waals surface area contributed by atoms with Crippen molar-refractivity contribution in [2.24, 2.45) is 5.73 Å². The monoisotopic (exact) mass is 452 g/mol. The van der Waals surface area contributed by atoms with E-state index in [0.717, 1.165) is 0 Å². The number of nitrogens with two attached hydrogens (primary N) is 2. The molecule has 1 aliphatic heterocycles. The molecule has 0 saturated carbocycles. The Bertz CT molecular complexity index is 992. The Morgan fingerprint density at radius 1 is 1.64 bits per heavy atom. The molecule has 3 rings (SSSR count). The molecule has 15 heteroatoms. The molecular formula is C13H19N5O7P2S. The van der Waals surface area contributed by atoms with E-state index in [1.165, 1.54) is 24.0 Å². The molecule has 0 aliphatic carbocycles. The summed E-state index contributed by atoms with van der Waals surface area (Å²) in [5.41, 5.74) is 10.4. The Hall–Kier alpha value is -1.27. The molecule has 12 nitrogen and oxygen atoms in total. The number of aromatic nitrogens is 3. The summed E-state index contributed by atoms with van der Waals surface area (Å²) in [5, 5.41) is 21.7. The minimum atomic E-state index is -4.49. The first-order valence-electron chi connectivity index (χ1n) is 8.29. The number of aliphatic hydroxyl groups is 2. The second-order valence-electron chi connectivity index (χ2n) is 6.32. The minimum absolute atomic E-state index is 0.0166. The van der Waals surface area contributed by atoms with Crippen LogP contribution in [0, 0.1) is 0 Å². The number of aliphatic hydroxyl groups excluding tert-OH is 1. The van der Waals surface area contributed by atoms with Gasteiger partial charge in [0.25, 0.3) is 0 Å². The van der Waals surface area contributed by atoms with Crippen LogP contribution in [-0.2, 0) is 18.1 Å². The molecule has 28 heavy (non-hydrogen) atoms. The Morgan fingerprint density at radius 3 is 3.00 bits per heavy atom. The number of thiocarbonyl (C=S) groups is 1. The molecule has 0 bridgehead atoms. The number of nitrogen functional groups attached to an aromatic ring is 1. The third-order valence-electron chi connectivity index (χ3n) is 4.43. The lowest BCUT2D eigenvalue weighted by Crippen LogP contribution is -2.44. The van der Waals surface area contributed by atoms with Gasteiger partial charge in [-0.25, -0.2) is 14.5 Å². The van der Waals surface area contributed by atoms with Gasteiger partial charge in [0, 0.05) is 21.2 Å². The van der Waals surface area contributed by atoms with Gasteiger partial charge in [0.15, 0.2) is 6.23 Å². The van der Waals surface area contributed by atoms with Crippen LogP contribution < -0.4 is 11.5 Å². The number of fused-ring (bicyclic) bond motifs is 1. The van der Waals surface area contributed by atoms with Crippen LogP contribution in [-0.4, -0.2) is 60.3 Å². The van der Waals surface area contributed by atoms with E-state index in [-0.39, 0.29) is 16.5 Å².